The van der Waals surface area contributed by atoms with E-state index >= 15 is 0 Å². The molecular weight excluding hydrogens is 338 g/mol. The minimum Gasteiger partial charge on any atom is -0.490 e. The van der Waals surface area contributed by atoms with Crippen LogP contribution in [0.3, 0.4) is 0 Å². The van der Waals surface area contributed by atoms with Gasteiger partial charge in [0.1, 0.15) is 12.4 Å². The summed E-state index contributed by atoms with van der Waals surface area (Å²) < 4.78 is 11.4. The summed E-state index contributed by atoms with van der Waals surface area (Å²) in [6.45, 7) is 1.35. The van der Waals surface area contributed by atoms with Crippen molar-refractivity contribution in [2.24, 2.45) is 5.73 Å². The van der Waals surface area contributed by atoms with Gasteiger partial charge >= 0.3 is 0 Å². The van der Waals surface area contributed by atoms with Gasteiger partial charge in [-0.15, -0.1) is 0 Å². The predicted molar refractivity (Wildman–Crippen MR) is 107 cm³/mol. The second kappa shape index (κ2) is 10.2. The Labute approximate surface area is 159 Å². The van der Waals surface area contributed by atoms with Crippen LogP contribution in [0.5, 0.6) is 5.75 Å². The van der Waals surface area contributed by atoms with Crippen LogP contribution >= 0.6 is 0 Å². The zero-order valence-corrected chi connectivity index (χ0v) is 15.1. The summed E-state index contributed by atoms with van der Waals surface area (Å²) in [6.07, 6.45) is 11.0. The lowest BCUT2D eigenvalue weighted by Gasteiger charge is -2.13. The fourth-order valence-electron chi connectivity index (χ4n) is 2.43. The van der Waals surface area contributed by atoms with Crippen molar-refractivity contribution >= 4 is 12.2 Å². The third-order valence-electron chi connectivity index (χ3n) is 3.82. The van der Waals surface area contributed by atoms with Crippen molar-refractivity contribution in [3.63, 3.8) is 0 Å². The molecule has 5 nitrogen and oxygen atoms in total. The van der Waals surface area contributed by atoms with Gasteiger partial charge in [0.2, 0.25) is 0 Å². The summed E-state index contributed by atoms with van der Waals surface area (Å²) in [5.74, 6) is 0.686. The SMILES string of the molecule is N[C@@H](COCc1ccccc1)COc1cncc(/C=C/c2ccncc2)c1. The first-order valence-electron chi connectivity index (χ1n) is 8.83. The normalized spacial score (nSPS) is 12.2. The maximum Gasteiger partial charge on any atom is 0.138 e. The van der Waals surface area contributed by atoms with Crippen LogP contribution in [-0.2, 0) is 11.3 Å². The molecule has 0 unspecified atom stereocenters. The zero-order valence-electron chi connectivity index (χ0n) is 15.1. The van der Waals surface area contributed by atoms with Crippen LogP contribution in [0.25, 0.3) is 12.2 Å². The summed E-state index contributed by atoms with van der Waals surface area (Å²) in [4.78, 5) is 8.22. The Morgan fingerprint density at radius 1 is 0.889 bits per heavy atom. The van der Waals surface area contributed by atoms with Gasteiger partial charge in [-0.2, -0.15) is 0 Å². The number of hydrogen-bond donors (Lipinski definition) is 1. The quantitative estimate of drug-likeness (QED) is 0.631. The molecule has 0 aliphatic heterocycles. The van der Waals surface area contributed by atoms with Crippen LogP contribution in [-0.4, -0.2) is 29.2 Å². The van der Waals surface area contributed by atoms with Crippen LogP contribution in [0.1, 0.15) is 16.7 Å². The lowest BCUT2D eigenvalue weighted by molar-refractivity contribution is 0.0935. The highest BCUT2D eigenvalue weighted by molar-refractivity contribution is 5.69. The van der Waals surface area contributed by atoms with Crippen LogP contribution in [0.4, 0.5) is 0 Å². The number of aromatic nitrogens is 2. The van der Waals surface area contributed by atoms with Gasteiger partial charge in [-0.1, -0.05) is 42.5 Å². The predicted octanol–water partition coefficient (Wildman–Crippen LogP) is 3.57. The van der Waals surface area contributed by atoms with E-state index in [0.29, 0.717) is 25.6 Å². The first-order chi connectivity index (χ1) is 13.3. The number of hydrogen-bond acceptors (Lipinski definition) is 5. The molecule has 3 rings (SSSR count). The number of benzene rings is 1. The van der Waals surface area contributed by atoms with Crippen molar-refractivity contribution in [2.75, 3.05) is 13.2 Å². The van der Waals surface area contributed by atoms with Crippen LogP contribution in [0, 0.1) is 0 Å². The number of ether oxygens (including phenoxy) is 2. The van der Waals surface area contributed by atoms with E-state index in [1.54, 1.807) is 24.8 Å². The summed E-state index contributed by atoms with van der Waals surface area (Å²) in [5, 5.41) is 0. The third kappa shape index (κ3) is 6.66. The topological polar surface area (TPSA) is 70.3 Å². The molecule has 1 atom stereocenters. The van der Waals surface area contributed by atoms with Crippen molar-refractivity contribution in [1.82, 2.24) is 9.97 Å². The molecule has 0 aliphatic carbocycles. The van der Waals surface area contributed by atoms with E-state index < -0.39 is 0 Å². The van der Waals surface area contributed by atoms with Crippen molar-refractivity contribution in [3.8, 4) is 5.75 Å². The summed E-state index contributed by atoms with van der Waals surface area (Å²) in [6, 6.07) is 15.6. The number of rotatable bonds is 9. The fourth-order valence-corrected chi connectivity index (χ4v) is 2.43. The lowest BCUT2D eigenvalue weighted by Crippen LogP contribution is -2.32. The van der Waals surface area contributed by atoms with Gasteiger partial charge in [0.15, 0.2) is 0 Å². The molecular formula is C22H23N3O2. The molecule has 3 aromatic rings. The van der Waals surface area contributed by atoms with Crippen molar-refractivity contribution in [3.05, 3.63) is 90.0 Å². The van der Waals surface area contributed by atoms with E-state index in [4.69, 9.17) is 15.2 Å². The highest BCUT2D eigenvalue weighted by Gasteiger charge is 2.05. The maximum absolute atomic E-state index is 6.07. The molecule has 0 saturated carbocycles. The van der Waals surface area contributed by atoms with E-state index in [2.05, 4.69) is 9.97 Å². The van der Waals surface area contributed by atoms with Crippen molar-refractivity contribution < 1.29 is 9.47 Å². The van der Waals surface area contributed by atoms with E-state index in [-0.39, 0.29) is 6.04 Å². The second-order valence-electron chi connectivity index (χ2n) is 6.14. The average Bonchev–Trinajstić information content (AvgIpc) is 2.73. The van der Waals surface area contributed by atoms with E-state index in [1.807, 2.05) is 60.7 Å². The number of pyridine rings is 2. The minimum atomic E-state index is -0.204. The molecule has 0 radical (unpaired) electrons. The molecule has 2 heterocycles. The highest BCUT2D eigenvalue weighted by atomic mass is 16.5. The number of nitrogens with zero attached hydrogens (tertiary/aromatic N) is 2. The smallest absolute Gasteiger partial charge is 0.138 e. The molecule has 1 aromatic carbocycles. The molecule has 27 heavy (non-hydrogen) atoms. The van der Waals surface area contributed by atoms with Gasteiger partial charge in [0.25, 0.3) is 0 Å². The molecule has 0 bridgehead atoms. The van der Waals surface area contributed by atoms with Crippen molar-refractivity contribution in [1.29, 1.82) is 0 Å². The lowest BCUT2D eigenvalue weighted by atomic mass is 10.2. The van der Waals surface area contributed by atoms with Crippen LogP contribution in [0.2, 0.25) is 0 Å². The Hall–Kier alpha value is -3.02. The molecule has 0 aliphatic rings. The molecule has 0 amide bonds. The van der Waals surface area contributed by atoms with E-state index in [1.165, 1.54) is 0 Å². The Kier molecular flexibility index (Phi) is 7.09. The van der Waals surface area contributed by atoms with Gasteiger partial charge in [-0.3, -0.25) is 9.97 Å². The van der Waals surface area contributed by atoms with Gasteiger partial charge in [-0.05, 0) is 34.9 Å². The maximum atomic E-state index is 6.07. The Bertz CT molecular complexity index is 838. The van der Waals surface area contributed by atoms with Crippen LogP contribution in [0.15, 0.2) is 73.3 Å². The van der Waals surface area contributed by atoms with Crippen molar-refractivity contribution in [2.45, 2.75) is 12.6 Å². The second-order valence-corrected chi connectivity index (χ2v) is 6.14. The van der Waals surface area contributed by atoms with Gasteiger partial charge in [0, 0.05) is 18.6 Å². The van der Waals surface area contributed by atoms with E-state index in [9.17, 15) is 0 Å². The third-order valence-corrected chi connectivity index (χ3v) is 3.82. The highest BCUT2D eigenvalue weighted by Crippen LogP contribution is 2.14. The van der Waals surface area contributed by atoms with Gasteiger partial charge in [0.05, 0.1) is 25.5 Å². The monoisotopic (exact) mass is 361 g/mol. The largest absolute Gasteiger partial charge is 0.490 e. The molecule has 2 aromatic heterocycles. The van der Waals surface area contributed by atoms with Gasteiger partial charge in [-0.25, -0.2) is 0 Å². The Morgan fingerprint density at radius 2 is 1.67 bits per heavy atom. The molecule has 2 N–H and O–H groups in total. The average molecular weight is 361 g/mol. The first-order valence-corrected chi connectivity index (χ1v) is 8.83. The molecule has 0 spiro atoms. The van der Waals surface area contributed by atoms with E-state index in [0.717, 1.165) is 16.7 Å². The number of nitrogens with two attached hydrogens (primary N) is 1. The summed E-state index contributed by atoms with van der Waals surface area (Å²) >= 11 is 0. The summed E-state index contributed by atoms with van der Waals surface area (Å²) in [7, 11) is 0. The van der Waals surface area contributed by atoms with Crippen LogP contribution < -0.4 is 10.5 Å². The zero-order chi connectivity index (χ0) is 18.7. The minimum absolute atomic E-state index is 0.204. The molecule has 0 fully saturated rings. The molecule has 0 saturated heterocycles. The molecule has 5 heteroatoms. The molecule has 138 valence electrons. The Balaban J connectivity index is 1.44. The first kappa shape index (κ1) is 18.8. The van der Waals surface area contributed by atoms with Gasteiger partial charge < -0.3 is 15.2 Å². The summed E-state index contributed by atoms with van der Waals surface area (Å²) in [5.41, 5.74) is 9.23. The Morgan fingerprint density at radius 3 is 2.48 bits per heavy atom. The standard InChI is InChI=1S/C22H23N3O2/c23-21(16-26-15-19-4-2-1-3-5-19)17-27-22-12-20(13-25-14-22)7-6-18-8-10-24-11-9-18/h1-14,21H,15-17,23H2/b7-6+/t21-/m0/s1. The fraction of sp³-hybridized carbons (Fsp3) is 0.182.